The molecule has 0 amide bonds. The minimum absolute atomic E-state index is 0.0374. The van der Waals surface area contributed by atoms with Crippen LogP contribution in [0.15, 0.2) is 270 Å². The van der Waals surface area contributed by atoms with Crippen LogP contribution in [0.3, 0.4) is 0 Å². The quantitative estimate of drug-likeness (QED) is 0.148. The second-order valence-corrected chi connectivity index (χ2v) is 21.8. The van der Waals surface area contributed by atoms with Crippen LogP contribution < -0.4 is 11.1 Å². The van der Waals surface area contributed by atoms with Gasteiger partial charge in [0.05, 0.1) is 44.2 Å². The number of hydrogen-bond acceptors (Lipinski definition) is 5. The van der Waals surface area contributed by atoms with Crippen LogP contribution in [0.25, 0.3) is 166 Å². The molecule has 7 heterocycles. The molecule has 0 aliphatic rings. The van der Waals surface area contributed by atoms with Gasteiger partial charge >= 0.3 is 0 Å². The third-order valence-electron chi connectivity index (χ3n) is 17.3. The van der Waals surface area contributed by atoms with Crippen LogP contribution in [0, 0.1) is 0 Å². The molecule has 390 valence electrons. The number of para-hydroxylation sites is 2. The van der Waals surface area contributed by atoms with Crippen molar-refractivity contribution in [1.29, 1.82) is 0 Å². The highest BCUT2D eigenvalue weighted by Crippen LogP contribution is 2.47. The molecular formula is C75H43N7O2. The first kappa shape index (κ1) is 46.2. The lowest BCUT2D eigenvalue weighted by Gasteiger charge is -2.14. The summed E-state index contributed by atoms with van der Waals surface area (Å²) in [5.74, 6) is 1.47. The molecule has 0 atom stereocenters. The second-order valence-electron chi connectivity index (χ2n) is 21.8. The highest BCUT2D eigenvalue weighted by molar-refractivity contribution is 6.24. The SMILES string of the molecule is O=c1c2ccccc2c2cccc3c4cc5c(cc4n1c23)c1ccccc1n5-c1nc(-c2ccccc2)nc(-c2cccc(-c3ccc4c(c3)c(=O)n3c5ccc(-c6ccccc6)cc5c5c(-c6ccccc6)c(-c6ccccc6)n4c53)c2)n1. The number of nitrogens with zero attached hydrogens (tertiary/aromatic N) is 7. The molecular weight excluding hydrogens is 1030 g/mol. The molecule has 0 aliphatic carbocycles. The van der Waals surface area contributed by atoms with Crippen molar-refractivity contribution >= 4 is 92.6 Å². The van der Waals surface area contributed by atoms with Gasteiger partial charge in [0.1, 0.15) is 5.65 Å². The molecule has 0 saturated carbocycles. The average molecular weight is 1070 g/mol. The zero-order chi connectivity index (χ0) is 55.3. The van der Waals surface area contributed by atoms with Gasteiger partial charge in [-0.2, -0.15) is 9.97 Å². The minimum Gasteiger partial charge on any atom is -0.293 e. The number of hydrogen-bond donors (Lipinski definition) is 0. The van der Waals surface area contributed by atoms with E-state index in [2.05, 4.69) is 173 Å². The molecule has 0 unspecified atom stereocenters. The van der Waals surface area contributed by atoms with Crippen molar-refractivity contribution in [3.8, 4) is 73.4 Å². The summed E-state index contributed by atoms with van der Waals surface area (Å²) in [6, 6.07) is 89.4. The van der Waals surface area contributed by atoms with Crippen LogP contribution >= 0.6 is 0 Å². The topological polar surface area (TPSA) is 91.0 Å². The van der Waals surface area contributed by atoms with Crippen LogP contribution in [0.1, 0.15) is 0 Å². The lowest BCUT2D eigenvalue weighted by molar-refractivity contribution is 0.954. The van der Waals surface area contributed by atoms with E-state index in [1.54, 1.807) is 0 Å². The standard InChI is InChI=1S/C75H43N7O2/c83-73-56-31-14-13-29-52(56)54-32-18-33-55-58-43-64-57(42-65(58)81(73)69(54)55)53-30-15-16-34-61(53)79(64)75-77-70(47-25-11-4-12-26-47)76-71(78-75)51-28-17-27-48(39-51)50-36-38-63-60(41-50)74(84)82-62-37-35-49(44-19-5-1-6-20-44)40-59(62)67-66(45-21-7-2-8-22-45)68(80(63)72(67)82)46-23-9-3-10-24-46/h1-43H. The summed E-state index contributed by atoms with van der Waals surface area (Å²) in [5, 5.41) is 9.25. The third-order valence-corrected chi connectivity index (χ3v) is 17.3. The monoisotopic (exact) mass is 1070 g/mol. The summed E-state index contributed by atoms with van der Waals surface area (Å²) in [5.41, 5.74) is 15.8. The van der Waals surface area contributed by atoms with E-state index in [9.17, 15) is 4.79 Å². The van der Waals surface area contributed by atoms with E-state index in [-0.39, 0.29) is 11.1 Å². The van der Waals surface area contributed by atoms with Crippen molar-refractivity contribution in [2.45, 2.75) is 0 Å². The Bertz CT molecular complexity index is 5890. The molecule has 0 N–H and O–H groups in total. The van der Waals surface area contributed by atoms with Gasteiger partial charge < -0.3 is 0 Å². The van der Waals surface area contributed by atoms with Crippen molar-refractivity contribution in [3.05, 3.63) is 282 Å². The molecule has 0 radical (unpaired) electrons. The summed E-state index contributed by atoms with van der Waals surface area (Å²) in [6.45, 7) is 0. The van der Waals surface area contributed by atoms with E-state index in [4.69, 9.17) is 15.0 Å². The smallest absolute Gasteiger partial charge is 0.266 e. The molecule has 0 fully saturated rings. The maximum absolute atomic E-state index is 15.6. The predicted octanol–water partition coefficient (Wildman–Crippen LogP) is 17.1. The molecule has 9 heteroatoms. The third kappa shape index (κ3) is 6.51. The Morgan fingerprint density at radius 3 is 1.51 bits per heavy atom. The Balaban J connectivity index is 0.850. The van der Waals surface area contributed by atoms with E-state index in [1.165, 1.54) is 0 Å². The first-order valence-corrected chi connectivity index (χ1v) is 28.2. The number of fused-ring (bicyclic) bond motifs is 13. The van der Waals surface area contributed by atoms with Crippen molar-refractivity contribution in [2.75, 3.05) is 0 Å². The Morgan fingerprint density at radius 2 is 0.774 bits per heavy atom. The van der Waals surface area contributed by atoms with Crippen LogP contribution in [0.2, 0.25) is 0 Å². The van der Waals surface area contributed by atoms with Gasteiger partial charge in [-0.1, -0.05) is 206 Å². The predicted molar refractivity (Wildman–Crippen MR) is 342 cm³/mol. The lowest BCUT2D eigenvalue weighted by Crippen LogP contribution is -2.16. The van der Waals surface area contributed by atoms with E-state index in [0.29, 0.717) is 28.4 Å². The average Bonchev–Trinajstić information content (AvgIpc) is 2.43. The van der Waals surface area contributed by atoms with E-state index < -0.39 is 0 Å². The van der Waals surface area contributed by atoms with Gasteiger partial charge in [-0.3, -0.25) is 27.4 Å². The second kappa shape index (κ2) is 17.5. The van der Waals surface area contributed by atoms with Crippen LogP contribution in [0.4, 0.5) is 0 Å². The maximum atomic E-state index is 15.6. The van der Waals surface area contributed by atoms with Crippen LogP contribution in [0.5, 0.6) is 0 Å². The molecule has 7 aromatic heterocycles. The molecule has 0 aliphatic heterocycles. The van der Waals surface area contributed by atoms with Gasteiger partial charge in [0.25, 0.3) is 11.1 Å². The highest BCUT2D eigenvalue weighted by atomic mass is 16.1. The Labute approximate surface area is 477 Å². The first-order chi connectivity index (χ1) is 41.5. The molecule has 84 heavy (non-hydrogen) atoms. The van der Waals surface area contributed by atoms with E-state index >= 15 is 4.79 Å². The molecule has 11 aromatic carbocycles. The minimum atomic E-state index is -0.0906. The lowest BCUT2D eigenvalue weighted by atomic mass is 9.96. The van der Waals surface area contributed by atoms with Crippen molar-refractivity contribution in [3.63, 3.8) is 0 Å². The number of benzene rings is 11. The van der Waals surface area contributed by atoms with Gasteiger partial charge in [-0.15, -0.1) is 0 Å². The highest BCUT2D eigenvalue weighted by Gasteiger charge is 2.29. The first-order valence-electron chi connectivity index (χ1n) is 28.2. The maximum Gasteiger partial charge on any atom is 0.266 e. The summed E-state index contributed by atoms with van der Waals surface area (Å²) >= 11 is 0. The van der Waals surface area contributed by atoms with Crippen molar-refractivity contribution in [1.82, 2.24) is 32.7 Å². The summed E-state index contributed by atoms with van der Waals surface area (Å²) in [6.07, 6.45) is 0. The fourth-order valence-electron chi connectivity index (χ4n) is 13.6. The van der Waals surface area contributed by atoms with Crippen molar-refractivity contribution < 1.29 is 0 Å². The zero-order valence-corrected chi connectivity index (χ0v) is 44.8. The Morgan fingerprint density at radius 1 is 0.274 bits per heavy atom. The van der Waals surface area contributed by atoms with Gasteiger partial charge in [0.2, 0.25) is 5.95 Å². The summed E-state index contributed by atoms with van der Waals surface area (Å²) in [4.78, 5) is 46.1. The fourth-order valence-corrected chi connectivity index (χ4v) is 13.6. The fraction of sp³-hybridized carbons (Fsp3) is 0. The molecule has 9 nitrogen and oxygen atoms in total. The van der Waals surface area contributed by atoms with Crippen molar-refractivity contribution in [2.24, 2.45) is 0 Å². The Kier molecular flexibility index (Phi) is 9.62. The van der Waals surface area contributed by atoms with Gasteiger partial charge in [-0.25, -0.2) is 4.98 Å². The normalized spacial score (nSPS) is 12.1. The number of pyridine rings is 1. The largest absolute Gasteiger partial charge is 0.293 e. The molecule has 0 spiro atoms. The summed E-state index contributed by atoms with van der Waals surface area (Å²) < 4.78 is 8.28. The summed E-state index contributed by atoms with van der Waals surface area (Å²) in [7, 11) is 0. The molecule has 0 saturated heterocycles. The molecule has 0 bridgehead atoms. The number of aromatic nitrogens is 7. The molecule has 18 aromatic rings. The zero-order valence-electron chi connectivity index (χ0n) is 44.8. The van der Waals surface area contributed by atoms with Gasteiger partial charge in [0, 0.05) is 59.8 Å². The Hall–Kier alpha value is -11.6. The number of rotatable bonds is 7. The van der Waals surface area contributed by atoms with Gasteiger partial charge in [-0.05, 0) is 93.4 Å². The van der Waals surface area contributed by atoms with Crippen LogP contribution in [-0.4, -0.2) is 32.7 Å². The van der Waals surface area contributed by atoms with Gasteiger partial charge in [0.15, 0.2) is 11.6 Å². The van der Waals surface area contributed by atoms with Crippen LogP contribution in [-0.2, 0) is 0 Å². The van der Waals surface area contributed by atoms with E-state index in [0.717, 1.165) is 138 Å². The molecule has 18 rings (SSSR count). The van der Waals surface area contributed by atoms with E-state index in [1.807, 2.05) is 106 Å².